The van der Waals surface area contributed by atoms with Gasteiger partial charge in [-0.1, -0.05) is 17.9 Å². The van der Waals surface area contributed by atoms with E-state index in [1.807, 2.05) is 0 Å². The molecule has 3 saturated heterocycles. The third-order valence-corrected chi connectivity index (χ3v) is 10.2. The van der Waals surface area contributed by atoms with Crippen LogP contribution < -0.4 is 15.4 Å². The minimum Gasteiger partial charge on any atom is -0.461 e. The number of ether oxygens (including phenoxy) is 1. The van der Waals surface area contributed by atoms with Gasteiger partial charge in [0.2, 0.25) is 5.91 Å². The van der Waals surface area contributed by atoms with Crippen molar-refractivity contribution in [3.05, 3.63) is 48.1 Å². The van der Waals surface area contributed by atoms with Crippen LogP contribution in [0.3, 0.4) is 0 Å². The van der Waals surface area contributed by atoms with E-state index in [1.165, 1.54) is 6.08 Å². The molecule has 2 aromatic heterocycles. The van der Waals surface area contributed by atoms with Crippen molar-refractivity contribution in [3.8, 4) is 17.1 Å². The van der Waals surface area contributed by atoms with Crippen molar-refractivity contribution in [2.24, 2.45) is 0 Å². The predicted octanol–water partition coefficient (Wildman–Crippen LogP) is 5.63. The molecule has 15 heteroatoms. The number of rotatable bonds is 6. The van der Waals surface area contributed by atoms with Gasteiger partial charge < -0.3 is 20.3 Å². The summed E-state index contributed by atoms with van der Waals surface area (Å²) in [5, 5.41) is -0.236. The molecule has 1 amide bonds. The van der Waals surface area contributed by atoms with Crippen LogP contribution in [0.15, 0.2) is 30.9 Å². The molecular formula is C31H30F5N7O2S. The number of nitrogen functional groups attached to an aromatic ring is 1. The Labute approximate surface area is 264 Å². The van der Waals surface area contributed by atoms with Gasteiger partial charge in [-0.15, -0.1) is 0 Å². The minimum absolute atomic E-state index is 0.0657. The van der Waals surface area contributed by atoms with E-state index in [0.29, 0.717) is 0 Å². The monoisotopic (exact) mass is 659 g/mol. The number of carbonyl (C=O) groups excluding carboxylic acids is 1. The number of halogens is 5. The molecule has 0 bridgehead atoms. The normalized spacial score (nSPS) is 18.5. The number of fused-ring (bicyclic) bond motifs is 3. The fraction of sp³-hybridized carbons (Fsp3) is 0.419. The lowest BCUT2D eigenvalue weighted by molar-refractivity contribution is -0.137. The Morgan fingerprint density at radius 2 is 1.76 bits per heavy atom. The first-order valence-corrected chi connectivity index (χ1v) is 15.8. The average molecular weight is 660 g/mol. The fourth-order valence-electron chi connectivity index (χ4n) is 7.10. The summed E-state index contributed by atoms with van der Waals surface area (Å²) < 4.78 is 81.8. The highest BCUT2D eigenvalue weighted by molar-refractivity contribution is 7.22. The summed E-state index contributed by atoms with van der Waals surface area (Å²) in [6.45, 7) is 6.65. The molecule has 2 N–H and O–H groups in total. The molecule has 0 spiro atoms. The second kappa shape index (κ2) is 11.3. The largest absolute Gasteiger partial charge is 0.461 e. The maximum absolute atomic E-state index is 16.8. The fourth-order valence-corrected chi connectivity index (χ4v) is 7.87. The standard InChI is InChI=1S/C31H30F5N7O2S/c1-2-21(44)41-11-13-42(14-12-41)27-18-15-19(31(34,35)36)22(17-5-6-20(32)26-25(17)38-28(37)46-26)23(33)24(18)39-29(40-27)45-16-30-7-3-9-43(30)10-4-8-30/h2,5-6,15H,1,3-4,7-14,16H2,(H2,37,38). The third-order valence-electron chi connectivity index (χ3n) is 9.32. The number of hydrogen-bond donors (Lipinski definition) is 1. The molecule has 2 aromatic carbocycles. The van der Waals surface area contributed by atoms with E-state index >= 15 is 4.39 Å². The summed E-state index contributed by atoms with van der Waals surface area (Å²) in [7, 11) is 0. The number of benzene rings is 2. The maximum Gasteiger partial charge on any atom is 0.417 e. The van der Waals surface area contributed by atoms with Gasteiger partial charge in [0.15, 0.2) is 10.9 Å². The molecule has 7 rings (SSSR count). The van der Waals surface area contributed by atoms with Crippen LogP contribution in [-0.2, 0) is 11.0 Å². The minimum atomic E-state index is -5.01. The van der Waals surface area contributed by atoms with Crippen LogP contribution in [0.2, 0.25) is 0 Å². The van der Waals surface area contributed by atoms with Crippen molar-refractivity contribution in [3.63, 3.8) is 0 Å². The zero-order valence-electron chi connectivity index (χ0n) is 24.7. The number of thiazole rings is 1. The number of amides is 1. The molecule has 0 unspecified atom stereocenters. The molecule has 3 fully saturated rings. The number of nitrogens with two attached hydrogens (primary N) is 1. The van der Waals surface area contributed by atoms with E-state index in [9.17, 15) is 22.4 Å². The van der Waals surface area contributed by atoms with E-state index in [4.69, 9.17) is 10.5 Å². The predicted molar refractivity (Wildman–Crippen MR) is 165 cm³/mol. The van der Waals surface area contributed by atoms with Gasteiger partial charge in [-0.2, -0.15) is 23.1 Å². The van der Waals surface area contributed by atoms with Crippen molar-refractivity contribution >= 4 is 49.3 Å². The molecule has 3 aliphatic heterocycles. The van der Waals surface area contributed by atoms with Crippen molar-refractivity contribution in [2.45, 2.75) is 37.4 Å². The van der Waals surface area contributed by atoms with E-state index < -0.39 is 28.9 Å². The van der Waals surface area contributed by atoms with Crippen molar-refractivity contribution in [1.82, 2.24) is 24.8 Å². The van der Waals surface area contributed by atoms with Crippen LogP contribution in [0.1, 0.15) is 31.2 Å². The number of hydrogen-bond acceptors (Lipinski definition) is 9. The molecule has 46 heavy (non-hydrogen) atoms. The van der Waals surface area contributed by atoms with Crippen LogP contribution in [0.25, 0.3) is 32.2 Å². The number of alkyl halides is 3. The van der Waals surface area contributed by atoms with Crippen LogP contribution in [0.4, 0.5) is 32.9 Å². The van der Waals surface area contributed by atoms with Gasteiger partial charge in [-0.05, 0) is 63.0 Å². The third kappa shape index (κ3) is 5.09. The van der Waals surface area contributed by atoms with Gasteiger partial charge in [-0.25, -0.2) is 13.8 Å². The molecule has 4 aromatic rings. The van der Waals surface area contributed by atoms with Gasteiger partial charge in [0.25, 0.3) is 0 Å². The quantitative estimate of drug-likeness (QED) is 0.210. The molecular weight excluding hydrogens is 629 g/mol. The van der Waals surface area contributed by atoms with Crippen LogP contribution >= 0.6 is 11.3 Å². The number of aromatic nitrogens is 3. The summed E-state index contributed by atoms with van der Waals surface area (Å²) in [4.78, 5) is 30.8. The number of carbonyl (C=O) groups is 1. The van der Waals surface area contributed by atoms with Crippen LogP contribution in [0, 0.1) is 11.6 Å². The lowest BCUT2D eigenvalue weighted by Crippen LogP contribution is -2.48. The first kappa shape index (κ1) is 30.5. The number of anilines is 2. The Morgan fingerprint density at radius 1 is 1.04 bits per heavy atom. The summed E-state index contributed by atoms with van der Waals surface area (Å²) >= 11 is 0.761. The topological polar surface area (TPSA) is 101 Å². The number of piperazine rings is 1. The van der Waals surface area contributed by atoms with Crippen molar-refractivity contribution in [1.29, 1.82) is 0 Å². The molecule has 0 radical (unpaired) electrons. The summed E-state index contributed by atoms with van der Waals surface area (Å²) in [5.41, 5.74) is 2.68. The van der Waals surface area contributed by atoms with Gasteiger partial charge in [0, 0.05) is 42.7 Å². The first-order valence-electron chi connectivity index (χ1n) is 15.0. The Morgan fingerprint density at radius 3 is 2.43 bits per heavy atom. The molecule has 9 nitrogen and oxygen atoms in total. The zero-order valence-corrected chi connectivity index (χ0v) is 25.5. The number of nitrogens with zero attached hydrogens (tertiary/aromatic N) is 6. The first-order chi connectivity index (χ1) is 22.0. The van der Waals surface area contributed by atoms with Crippen LogP contribution in [0.5, 0.6) is 6.01 Å². The van der Waals surface area contributed by atoms with Gasteiger partial charge in [-0.3, -0.25) is 9.69 Å². The Kier molecular flexibility index (Phi) is 7.50. The van der Waals surface area contributed by atoms with E-state index in [0.717, 1.165) is 68.3 Å². The lowest BCUT2D eigenvalue weighted by atomic mass is 9.95. The summed E-state index contributed by atoms with van der Waals surface area (Å²) in [6.07, 6.45) is 0.0842. The van der Waals surface area contributed by atoms with Gasteiger partial charge >= 0.3 is 12.2 Å². The van der Waals surface area contributed by atoms with Gasteiger partial charge in [0.05, 0.1) is 21.3 Å². The smallest absolute Gasteiger partial charge is 0.417 e. The maximum atomic E-state index is 16.8. The molecule has 5 heterocycles. The second-order valence-corrected chi connectivity index (χ2v) is 12.9. The van der Waals surface area contributed by atoms with Crippen molar-refractivity contribution in [2.75, 3.05) is 56.5 Å². The van der Waals surface area contributed by atoms with Gasteiger partial charge in [0.1, 0.15) is 23.8 Å². The second-order valence-electron chi connectivity index (χ2n) is 11.9. The average Bonchev–Trinajstić information content (AvgIpc) is 3.74. The SMILES string of the molecule is C=CC(=O)N1CCN(c2nc(OCC34CCCN3CCC4)nc3c(F)c(-c4ccc(F)c5sc(N)nc45)c(C(F)(F)F)cc23)CC1. The molecule has 0 saturated carbocycles. The summed E-state index contributed by atoms with van der Waals surface area (Å²) in [6, 6.07) is 2.71. The van der Waals surface area contributed by atoms with E-state index in [1.54, 1.807) is 9.80 Å². The Balaban J connectivity index is 1.40. The highest BCUT2D eigenvalue weighted by Crippen LogP contribution is 2.46. The molecule has 0 atom stereocenters. The highest BCUT2D eigenvalue weighted by Gasteiger charge is 2.45. The Bertz CT molecular complexity index is 1860. The highest BCUT2D eigenvalue weighted by atomic mass is 32.1. The van der Waals surface area contributed by atoms with Crippen molar-refractivity contribution < 1.29 is 31.5 Å². The zero-order chi connectivity index (χ0) is 32.4. The Hall–Kier alpha value is -4.11. The van der Waals surface area contributed by atoms with E-state index in [-0.39, 0.29) is 87.9 Å². The van der Waals surface area contributed by atoms with Crippen LogP contribution in [-0.4, -0.2) is 82.1 Å². The molecule has 0 aliphatic carbocycles. The molecule has 242 valence electrons. The lowest BCUT2D eigenvalue weighted by Gasteiger charge is -2.35. The molecule has 3 aliphatic rings. The summed E-state index contributed by atoms with van der Waals surface area (Å²) in [5.74, 6) is -2.20. The van der Waals surface area contributed by atoms with E-state index in [2.05, 4.69) is 26.4 Å².